The van der Waals surface area contributed by atoms with Gasteiger partial charge in [0.1, 0.15) is 0 Å². The summed E-state index contributed by atoms with van der Waals surface area (Å²) in [5.41, 5.74) is 0. The minimum Gasteiger partial charge on any atom is -0.341 e. The van der Waals surface area contributed by atoms with Crippen LogP contribution in [0.3, 0.4) is 0 Å². The number of nitrogens with one attached hydrogen (secondary N) is 1. The average Bonchev–Trinajstić information content (AvgIpc) is 2.63. The molecule has 0 spiro atoms. The van der Waals surface area contributed by atoms with Crippen LogP contribution in [0.4, 0.5) is 0 Å². The maximum atomic E-state index is 12.0. The molecule has 1 saturated heterocycles. The molecule has 104 valence electrons. The second-order valence-corrected chi connectivity index (χ2v) is 4.68. The molecule has 5 nitrogen and oxygen atoms in total. The van der Waals surface area contributed by atoms with Gasteiger partial charge in [-0.15, -0.1) is 0 Å². The Morgan fingerprint density at radius 2 is 1.67 bits per heavy atom. The van der Waals surface area contributed by atoms with Crippen molar-refractivity contribution in [1.82, 2.24) is 15.1 Å². The van der Waals surface area contributed by atoms with Crippen molar-refractivity contribution in [1.29, 1.82) is 0 Å². The van der Waals surface area contributed by atoms with Crippen LogP contribution >= 0.6 is 0 Å². The first-order chi connectivity index (χ1) is 8.69. The monoisotopic (exact) mass is 255 g/mol. The van der Waals surface area contributed by atoms with Crippen molar-refractivity contribution in [3.8, 4) is 0 Å². The molecule has 1 aliphatic rings. The van der Waals surface area contributed by atoms with Crippen LogP contribution in [-0.4, -0.2) is 61.4 Å². The fourth-order valence-corrected chi connectivity index (χ4v) is 2.21. The third kappa shape index (κ3) is 4.64. The Bertz CT molecular complexity index is 281. The lowest BCUT2D eigenvalue weighted by Crippen LogP contribution is -2.37. The van der Waals surface area contributed by atoms with Gasteiger partial charge in [0, 0.05) is 39.0 Å². The summed E-state index contributed by atoms with van der Waals surface area (Å²) in [6.45, 7) is 5.70. The van der Waals surface area contributed by atoms with Crippen molar-refractivity contribution in [2.75, 3.05) is 39.8 Å². The Balaban J connectivity index is 2.36. The Labute approximate surface area is 110 Å². The highest BCUT2D eigenvalue weighted by molar-refractivity contribution is 5.77. The van der Waals surface area contributed by atoms with E-state index in [1.54, 1.807) is 0 Å². The van der Waals surface area contributed by atoms with Crippen LogP contribution in [0, 0.1) is 0 Å². The summed E-state index contributed by atoms with van der Waals surface area (Å²) in [5, 5.41) is 3.04. The van der Waals surface area contributed by atoms with E-state index >= 15 is 0 Å². The molecule has 0 radical (unpaired) electrons. The van der Waals surface area contributed by atoms with Crippen LogP contribution in [0.1, 0.15) is 32.6 Å². The van der Waals surface area contributed by atoms with Crippen molar-refractivity contribution in [2.24, 2.45) is 0 Å². The molecule has 1 aliphatic heterocycles. The molecule has 18 heavy (non-hydrogen) atoms. The van der Waals surface area contributed by atoms with Gasteiger partial charge in [-0.2, -0.15) is 0 Å². The second kappa shape index (κ2) is 8.08. The molecule has 5 heteroatoms. The molecule has 2 amide bonds. The summed E-state index contributed by atoms with van der Waals surface area (Å²) >= 11 is 0. The van der Waals surface area contributed by atoms with Crippen LogP contribution in [0.5, 0.6) is 0 Å². The van der Waals surface area contributed by atoms with E-state index in [9.17, 15) is 9.59 Å². The van der Waals surface area contributed by atoms with Gasteiger partial charge in [-0.1, -0.05) is 6.92 Å². The molecule has 0 unspecified atom stereocenters. The van der Waals surface area contributed by atoms with E-state index < -0.39 is 0 Å². The fourth-order valence-electron chi connectivity index (χ4n) is 2.21. The van der Waals surface area contributed by atoms with E-state index in [1.807, 2.05) is 23.8 Å². The summed E-state index contributed by atoms with van der Waals surface area (Å²) < 4.78 is 0. The molecule has 0 atom stereocenters. The zero-order valence-corrected chi connectivity index (χ0v) is 11.6. The number of hydrogen-bond acceptors (Lipinski definition) is 3. The van der Waals surface area contributed by atoms with E-state index in [-0.39, 0.29) is 11.8 Å². The van der Waals surface area contributed by atoms with Crippen LogP contribution in [0.15, 0.2) is 0 Å². The quantitative estimate of drug-likeness (QED) is 0.726. The van der Waals surface area contributed by atoms with E-state index in [0.29, 0.717) is 25.9 Å². The topological polar surface area (TPSA) is 52.7 Å². The van der Waals surface area contributed by atoms with Gasteiger partial charge < -0.3 is 15.1 Å². The normalized spacial score (nSPS) is 16.6. The maximum absolute atomic E-state index is 12.0. The average molecular weight is 255 g/mol. The van der Waals surface area contributed by atoms with Crippen LogP contribution < -0.4 is 5.32 Å². The van der Waals surface area contributed by atoms with Gasteiger partial charge in [0.25, 0.3) is 0 Å². The molecule has 0 aromatic rings. The van der Waals surface area contributed by atoms with Crippen molar-refractivity contribution in [2.45, 2.75) is 32.6 Å². The smallest absolute Gasteiger partial charge is 0.222 e. The number of carbonyl (C=O) groups excluding carboxylic acids is 2. The summed E-state index contributed by atoms with van der Waals surface area (Å²) in [4.78, 5) is 27.4. The zero-order chi connectivity index (χ0) is 13.4. The van der Waals surface area contributed by atoms with Gasteiger partial charge in [-0.3, -0.25) is 9.59 Å². The number of carbonyl (C=O) groups is 2. The summed E-state index contributed by atoms with van der Waals surface area (Å²) in [6, 6.07) is 0. The van der Waals surface area contributed by atoms with Gasteiger partial charge >= 0.3 is 0 Å². The third-order valence-corrected chi connectivity index (χ3v) is 3.32. The van der Waals surface area contributed by atoms with E-state index in [4.69, 9.17) is 0 Å². The second-order valence-electron chi connectivity index (χ2n) is 4.68. The molecule has 1 N–H and O–H groups in total. The molecule has 1 heterocycles. The van der Waals surface area contributed by atoms with Gasteiger partial charge in [-0.25, -0.2) is 0 Å². The minimum absolute atomic E-state index is 0.194. The Morgan fingerprint density at radius 1 is 1.06 bits per heavy atom. The van der Waals surface area contributed by atoms with Crippen LogP contribution in [0.2, 0.25) is 0 Å². The first-order valence-corrected chi connectivity index (χ1v) is 6.89. The summed E-state index contributed by atoms with van der Waals surface area (Å²) in [5.74, 6) is 0.413. The summed E-state index contributed by atoms with van der Waals surface area (Å²) in [7, 11) is 1.89. The maximum Gasteiger partial charge on any atom is 0.222 e. The van der Waals surface area contributed by atoms with Gasteiger partial charge in [0.05, 0.1) is 0 Å². The first kappa shape index (κ1) is 15.0. The van der Waals surface area contributed by atoms with Crippen molar-refractivity contribution in [3.63, 3.8) is 0 Å². The van der Waals surface area contributed by atoms with Crippen molar-refractivity contribution in [3.05, 3.63) is 0 Å². The molecular weight excluding hydrogens is 230 g/mol. The van der Waals surface area contributed by atoms with Gasteiger partial charge in [0.15, 0.2) is 0 Å². The lowest BCUT2D eigenvalue weighted by Gasteiger charge is -2.22. The van der Waals surface area contributed by atoms with E-state index in [1.165, 1.54) is 0 Å². The van der Waals surface area contributed by atoms with Crippen molar-refractivity contribution >= 4 is 11.8 Å². The largest absolute Gasteiger partial charge is 0.341 e. The third-order valence-electron chi connectivity index (χ3n) is 3.32. The fraction of sp³-hybridized carbons (Fsp3) is 0.846. The van der Waals surface area contributed by atoms with E-state index in [0.717, 1.165) is 32.5 Å². The molecule has 0 bridgehead atoms. The number of nitrogens with zero attached hydrogens (tertiary/aromatic N) is 2. The standard InChI is InChI=1S/C13H25N3O2/c1-3-12(17)15-8-5-9-16(11-10-15)13(18)6-4-7-14-2/h14H,3-11H2,1-2H3. The number of hydrogen-bond donors (Lipinski definition) is 1. The van der Waals surface area contributed by atoms with Crippen molar-refractivity contribution < 1.29 is 9.59 Å². The Hall–Kier alpha value is -1.10. The Morgan fingerprint density at radius 3 is 2.22 bits per heavy atom. The summed E-state index contributed by atoms with van der Waals surface area (Å²) in [6.07, 6.45) is 2.92. The number of amides is 2. The highest BCUT2D eigenvalue weighted by Gasteiger charge is 2.20. The lowest BCUT2D eigenvalue weighted by atomic mass is 10.2. The molecular formula is C13H25N3O2. The molecule has 1 fully saturated rings. The van der Waals surface area contributed by atoms with E-state index in [2.05, 4.69) is 5.32 Å². The Kier molecular flexibility index (Phi) is 6.72. The molecule has 1 rings (SSSR count). The lowest BCUT2D eigenvalue weighted by molar-refractivity contribution is -0.133. The van der Waals surface area contributed by atoms with Crippen LogP contribution in [-0.2, 0) is 9.59 Å². The highest BCUT2D eigenvalue weighted by atomic mass is 16.2. The van der Waals surface area contributed by atoms with Gasteiger partial charge in [-0.05, 0) is 26.4 Å². The minimum atomic E-state index is 0.194. The molecule has 0 aromatic heterocycles. The van der Waals surface area contributed by atoms with Crippen LogP contribution in [0.25, 0.3) is 0 Å². The predicted molar refractivity (Wildman–Crippen MR) is 71.2 cm³/mol. The molecule has 0 aliphatic carbocycles. The highest BCUT2D eigenvalue weighted by Crippen LogP contribution is 2.07. The molecule has 0 aromatic carbocycles. The first-order valence-electron chi connectivity index (χ1n) is 6.89. The molecule has 0 saturated carbocycles. The zero-order valence-electron chi connectivity index (χ0n) is 11.6. The van der Waals surface area contributed by atoms with Gasteiger partial charge in [0.2, 0.25) is 11.8 Å². The number of rotatable bonds is 5. The predicted octanol–water partition coefficient (Wildman–Crippen LogP) is 0.457. The SMILES string of the molecule is CCC(=O)N1CCCN(C(=O)CCCNC)CC1.